The lowest BCUT2D eigenvalue weighted by Crippen LogP contribution is -2.20. The summed E-state index contributed by atoms with van der Waals surface area (Å²) in [5.41, 5.74) is 3.21. The van der Waals surface area contributed by atoms with Crippen molar-refractivity contribution in [2.45, 2.75) is 33.1 Å². The fourth-order valence-corrected chi connectivity index (χ4v) is 3.93. The zero-order chi connectivity index (χ0) is 15.0. The van der Waals surface area contributed by atoms with Gasteiger partial charge in [-0.3, -0.25) is 9.20 Å². The summed E-state index contributed by atoms with van der Waals surface area (Å²) in [6.45, 7) is 4.01. The van der Waals surface area contributed by atoms with Gasteiger partial charge in [-0.25, -0.2) is 0 Å². The third kappa shape index (κ3) is 2.05. The lowest BCUT2D eigenvalue weighted by molar-refractivity contribution is 0.780. The fraction of sp³-hybridized carbons (Fsp3) is 0.294. The predicted molar refractivity (Wildman–Crippen MR) is 87.1 cm³/mol. The Kier molecular flexibility index (Phi) is 3.52. The Bertz CT molecular complexity index is 928. The van der Waals surface area contributed by atoms with Crippen LogP contribution in [-0.2, 0) is 6.42 Å². The van der Waals surface area contributed by atoms with Gasteiger partial charge in [-0.2, -0.15) is 5.26 Å². The second-order valence-corrected chi connectivity index (χ2v) is 6.24. The van der Waals surface area contributed by atoms with Gasteiger partial charge in [-0.05, 0) is 37.5 Å². The molecule has 0 aliphatic heterocycles. The SMILES string of the molecule is CCCCc1c(C)c(C#N)c2sc3ccccc3n2c1=O. The molecule has 106 valence electrons. The van der Waals surface area contributed by atoms with Gasteiger partial charge in [0.25, 0.3) is 5.56 Å². The zero-order valence-electron chi connectivity index (χ0n) is 12.1. The average Bonchev–Trinajstić information content (AvgIpc) is 2.87. The first-order valence-corrected chi connectivity index (χ1v) is 7.96. The van der Waals surface area contributed by atoms with Crippen LogP contribution >= 0.6 is 11.3 Å². The molecule has 0 aliphatic rings. The Hall–Kier alpha value is -2.12. The minimum absolute atomic E-state index is 0.0346. The second-order valence-electron chi connectivity index (χ2n) is 5.21. The van der Waals surface area contributed by atoms with Crippen molar-refractivity contribution in [3.63, 3.8) is 0 Å². The summed E-state index contributed by atoms with van der Waals surface area (Å²) in [5, 5.41) is 9.52. The maximum atomic E-state index is 12.9. The molecule has 3 rings (SSSR count). The molecule has 0 bridgehead atoms. The van der Waals surface area contributed by atoms with Crippen molar-refractivity contribution in [2.75, 3.05) is 0 Å². The largest absolute Gasteiger partial charge is 0.269 e. The number of unbranched alkanes of at least 4 members (excludes halogenated alkanes) is 1. The van der Waals surface area contributed by atoms with E-state index >= 15 is 0 Å². The van der Waals surface area contributed by atoms with Crippen LogP contribution < -0.4 is 5.56 Å². The first-order chi connectivity index (χ1) is 10.2. The average molecular weight is 296 g/mol. The summed E-state index contributed by atoms with van der Waals surface area (Å²) in [7, 11) is 0. The van der Waals surface area contributed by atoms with Crippen LogP contribution in [0.4, 0.5) is 0 Å². The third-order valence-corrected chi connectivity index (χ3v) is 5.06. The van der Waals surface area contributed by atoms with Crippen molar-refractivity contribution in [3.05, 3.63) is 51.3 Å². The molecule has 21 heavy (non-hydrogen) atoms. The normalized spacial score (nSPS) is 11.1. The molecule has 0 saturated heterocycles. The number of nitrogens with zero attached hydrogens (tertiary/aromatic N) is 2. The van der Waals surface area contributed by atoms with E-state index in [1.54, 1.807) is 4.40 Å². The van der Waals surface area contributed by atoms with Crippen LogP contribution in [0, 0.1) is 18.3 Å². The smallest absolute Gasteiger partial charge is 0.259 e. The number of thiazole rings is 1. The summed E-state index contributed by atoms with van der Waals surface area (Å²) >= 11 is 1.51. The number of benzene rings is 1. The Balaban J connectivity index is 2.48. The van der Waals surface area contributed by atoms with Crippen molar-refractivity contribution in [1.29, 1.82) is 5.26 Å². The Labute approximate surface area is 127 Å². The number of aromatic nitrogens is 1. The van der Waals surface area contributed by atoms with Crippen molar-refractivity contribution in [2.24, 2.45) is 0 Å². The highest BCUT2D eigenvalue weighted by Gasteiger charge is 2.18. The second kappa shape index (κ2) is 5.34. The molecule has 4 heteroatoms. The summed E-state index contributed by atoms with van der Waals surface area (Å²) in [6, 6.07) is 10.1. The van der Waals surface area contributed by atoms with E-state index in [0.29, 0.717) is 5.56 Å². The molecular formula is C17H16N2OS. The van der Waals surface area contributed by atoms with Crippen LogP contribution in [-0.4, -0.2) is 4.40 Å². The zero-order valence-corrected chi connectivity index (χ0v) is 13.0. The fourth-order valence-electron chi connectivity index (χ4n) is 2.74. The topological polar surface area (TPSA) is 45.3 Å². The first-order valence-electron chi connectivity index (χ1n) is 7.14. The highest BCUT2D eigenvalue weighted by molar-refractivity contribution is 7.24. The number of rotatable bonds is 3. The Morgan fingerprint density at radius 1 is 1.33 bits per heavy atom. The van der Waals surface area contributed by atoms with Gasteiger partial charge in [0.05, 0.1) is 15.8 Å². The van der Waals surface area contributed by atoms with E-state index in [-0.39, 0.29) is 5.56 Å². The van der Waals surface area contributed by atoms with Gasteiger partial charge >= 0.3 is 0 Å². The quantitative estimate of drug-likeness (QED) is 0.732. The molecular weight excluding hydrogens is 280 g/mol. The lowest BCUT2D eigenvalue weighted by atomic mass is 10.0. The van der Waals surface area contributed by atoms with Crippen LogP contribution in [0.1, 0.15) is 36.5 Å². The molecule has 0 atom stereocenters. The van der Waals surface area contributed by atoms with Crippen molar-refractivity contribution in [1.82, 2.24) is 4.40 Å². The van der Waals surface area contributed by atoms with Gasteiger partial charge in [-0.1, -0.05) is 25.5 Å². The van der Waals surface area contributed by atoms with E-state index in [4.69, 9.17) is 0 Å². The minimum Gasteiger partial charge on any atom is -0.269 e. The van der Waals surface area contributed by atoms with E-state index in [1.165, 1.54) is 11.3 Å². The molecule has 0 spiro atoms. The van der Waals surface area contributed by atoms with Crippen LogP contribution in [0.3, 0.4) is 0 Å². The van der Waals surface area contributed by atoms with E-state index in [2.05, 4.69) is 13.0 Å². The molecule has 0 fully saturated rings. The van der Waals surface area contributed by atoms with Crippen LogP contribution in [0.2, 0.25) is 0 Å². The molecule has 2 heterocycles. The van der Waals surface area contributed by atoms with Gasteiger partial charge in [0.2, 0.25) is 0 Å². The lowest BCUT2D eigenvalue weighted by Gasteiger charge is -2.08. The summed E-state index contributed by atoms with van der Waals surface area (Å²) in [6.07, 6.45) is 2.74. The number of fused-ring (bicyclic) bond motifs is 3. The highest BCUT2D eigenvalue weighted by Crippen LogP contribution is 2.29. The van der Waals surface area contributed by atoms with Crippen molar-refractivity contribution in [3.8, 4) is 6.07 Å². The standard InChI is InChI=1S/C17H16N2OS/c1-3-4-7-12-11(2)13(10-18)17-19(16(12)20)14-8-5-6-9-15(14)21-17/h5-6,8-9H,3-4,7H2,1-2H3. The van der Waals surface area contributed by atoms with E-state index in [9.17, 15) is 10.1 Å². The van der Waals surface area contributed by atoms with Crippen molar-refractivity contribution >= 4 is 26.4 Å². The molecule has 0 N–H and O–H groups in total. The van der Waals surface area contributed by atoms with Gasteiger partial charge < -0.3 is 0 Å². The molecule has 1 aromatic carbocycles. The van der Waals surface area contributed by atoms with Crippen LogP contribution in [0.25, 0.3) is 15.0 Å². The Morgan fingerprint density at radius 2 is 2.10 bits per heavy atom. The molecule has 0 aliphatic carbocycles. The Morgan fingerprint density at radius 3 is 2.81 bits per heavy atom. The van der Waals surface area contributed by atoms with E-state index < -0.39 is 0 Å². The van der Waals surface area contributed by atoms with Crippen LogP contribution in [0.5, 0.6) is 0 Å². The van der Waals surface area contributed by atoms with Crippen LogP contribution in [0.15, 0.2) is 29.1 Å². The summed E-state index contributed by atoms with van der Waals surface area (Å²) in [5.74, 6) is 0. The first kappa shape index (κ1) is 13.8. The van der Waals surface area contributed by atoms with Gasteiger partial charge in [0.15, 0.2) is 0 Å². The maximum Gasteiger partial charge on any atom is 0.259 e. The van der Waals surface area contributed by atoms with Gasteiger partial charge in [-0.15, -0.1) is 11.3 Å². The number of pyridine rings is 1. The number of hydrogen-bond donors (Lipinski definition) is 0. The summed E-state index contributed by atoms with van der Waals surface area (Å²) in [4.78, 5) is 13.6. The summed E-state index contributed by atoms with van der Waals surface area (Å²) < 4.78 is 2.76. The minimum atomic E-state index is 0.0346. The van der Waals surface area contributed by atoms with Gasteiger partial charge in [0.1, 0.15) is 10.9 Å². The van der Waals surface area contributed by atoms with Gasteiger partial charge in [0, 0.05) is 5.56 Å². The van der Waals surface area contributed by atoms with E-state index in [1.807, 2.05) is 31.2 Å². The molecule has 2 aromatic heterocycles. The van der Waals surface area contributed by atoms with Crippen molar-refractivity contribution < 1.29 is 0 Å². The number of para-hydroxylation sites is 1. The monoisotopic (exact) mass is 296 g/mol. The molecule has 0 radical (unpaired) electrons. The predicted octanol–water partition coefficient (Wildman–Crippen LogP) is 4.04. The molecule has 3 nitrogen and oxygen atoms in total. The molecule has 0 saturated carbocycles. The maximum absolute atomic E-state index is 12.9. The molecule has 0 amide bonds. The third-order valence-electron chi connectivity index (χ3n) is 3.91. The molecule has 0 unspecified atom stereocenters. The van der Waals surface area contributed by atoms with E-state index in [0.717, 1.165) is 45.4 Å². The number of hydrogen-bond acceptors (Lipinski definition) is 3. The molecule has 3 aromatic rings. The highest BCUT2D eigenvalue weighted by atomic mass is 32.1. The number of nitriles is 1.